The van der Waals surface area contributed by atoms with E-state index in [-0.39, 0.29) is 0 Å². The molecule has 0 N–H and O–H groups in total. The molecule has 1 aliphatic rings. The Morgan fingerprint density at radius 3 is 2.97 bits per heavy atom. The zero-order valence-electron chi connectivity index (χ0n) is 18.1. The number of fused-ring (bicyclic) bond motifs is 1. The predicted molar refractivity (Wildman–Crippen MR) is 123 cm³/mol. The lowest BCUT2D eigenvalue weighted by Crippen LogP contribution is -2.30. The molecule has 4 aromatic rings. The minimum atomic E-state index is 0.446. The van der Waals surface area contributed by atoms with Crippen LogP contribution in [-0.2, 0) is 24.3 Å². The summed E-state index contributed by atoms with van der Waals surface area (Å²) in [6.45, 7) is 4.87. The van der Waals surface area contributed by atoms with Gasteiger partial charge in [0.2, 0.25) is 0 Å². The Hall–Kier alpha value is -3.22. The summed E-state index contributed by atoms with van der Waals surface area (Å²) in [5.41, 5.74) is 4.69. The van der Waals surface area contributed by atoms with E-state index < -0.39 is 0 Å². The summed E-state index contributed by atoms with van der Waals surface area (Å²) in [5, 5.41) is 4.36. The Morgan fingerprint density at radius 2 is 2.03 bits per heavy atom. The maximum absolute atomic E-state index is 5.97. The normalized spacial score (nSPS) is 17.3. The second-order valence-corrected chi connectivity index (χ2v) is 8.33. The lowest BCUT2D eigenvalue weighted by atomic mass is 9.99. The highest BCUT2D eigenvalue weighted by Crippen LogP contribution is 2.21. The van der Waals surface area contributed by atoms with Gasteiger partial charge in [-0.05, 0) is 59.9 Å². The summed E-state index contributed by atoms with van der Waals surface area (Å²) in [6, 6.07) is 20.6. The molecule has 4 heterocycles. The number of hydrogen-bond donors (Lipinski definition) is 0. The highest BCUT2D eigenvalue weighted by atomic mass is 16.5. The van der Waals surface area contributed by atoms with Crippen LogP contribution in [0.15, 0.2) is 79.3 Å². The molecule has 6 nitrogen and oxygen atoms in total. The molecule has 1 aromatic carbocycles. The van der Waals surface area contributed by atoms with Crippen LogP contribution in [0.4, 0.5) is 0 Å². The highest BCUT2D eigenvalue weighted by Gasteiger charge is 2.20. The molecule has 32 heavy (non-hydrogen) atoms. The second-order valence-electron chi connectivity index (χ2n) is 8.33. The fourth-order valence-electron chi connectivity index (χ4n) is 4.35. The van der Waals surface area contributed by atoms with Crippen molar-refractivity contribution >= 4 is 5.52 Å². The SMILES string of the molecule is c1ccc(COc2cccc(CN3CCOCC(Cc4cccn5nccc45)C3)c2)nc1. The first-order chi connectivity index (χ1) is 15.8. The van der Waals surface area contributed by atoms with Gasteiger partial charge in [-0.25, -0.2) is 4.52 Å². The average molecular weight is 429 g/mol. The molecule has 0 bridgehead atoms. The fourth-order valence-corrected chi connectivity index (χ4v) is 4.35. The van der Waals surface area contributed by atoms with E-state index in [1.807, 2.05) is 41.2 Å². The van der Waals surface area contributed by atoms with Crippen LogP contribution in [0.2, 0.25) is 0 Å². The quantitative estimate of drug-likeness (QED) is 0.445. The summed E-state index contributed by atoms with van der Waals surface area (Å²) in [7, 11) is 0. The van der Waals surface area contributed by atoms with Gasteiger partial charge in [-0.2, -0.15) is 5.10 Å². The van der Waals surface area contributed by atoms with E-state index in [1.54, 1.807) is 6.20 Å². The number of benzene rings is 1. The minimum absolute atomic E-state index is 0.446. The molecule has 0 saturated carbocycles. The Balaban J connectivity index is 1.22. The maximum Gasteiger partial charge on any atom is 0.130 e. The number of nitrogens with zero attached hydrogens (tertiary/aromatic N) is 4. The van der Waals surface area contributed by atoms with Crippen LogP contribution in [-0.4, -0.2) is 45.8 Å². The first kappa shape index (κ1) is 20.7. The number of ether oxygens (including phenoxy) is 2. The maximum atomic E-state index is 5.97. The number of rotatable bonds is 7. The van der Waals surface area contributed by atoms with Crippen LogP contribution in [0.1, 0.15) is 16.8 Å². The van der Waals surface area contributed by atoms with Crippen LogP contribution < -0.4 is 4.74 Å². The van der Waals surface area contributed by atoms with Crippen molar-refractivity contribution in [1.82, 2.24) is 19.5 Å². The van der Waals surface area contributed by atoms with Gasteiger partial charge in [-0.15, -0.1) is 0 Å². The number of pyridine rings is 2. The van der Waals surface area contributed by atoms with Gasteiger partial charge in [0.25, 0.3) is 0 Å². The van der Waals surface area contributed by atoms with E-state index in [2.05, 4.69) is 51.4 Å². The lowest BCUT2D eigenvalue weighted by molar-refractivity contribution is 0.122. The summed E-state index contributed by atoms with van der Waals surface area (Å²) in [5.74, 6) is 1.32. The number of aromatic nitrogens is 3. The molecule has 1 aliphatic heterocycles. The van der Waals surface area contributed by atoms with Crippen molar-refractivity contribution in [1.29, 1.82) is 0 Å². The molecule has 1 fully saturated rings. The van der Waals surface area contributed by atoms with Crippen LogP contribution in [0.25, 0.3) is 5.52 Å². The van der Waals surface area contributed by atoms with Gasteiger partial charge in [0.15, 0.2) is 0 Å². The van der Waals surface area contributed by atoms with Crippen molar-refractivity contribution < 1.29 is 9.47 Å². The first-order valence-electron chi connectivity index (χ1n) is 11.2. The van der Waals surface area contributed by atoms with E-state index in [4.69, 9.17) is 9.47 Å². The number of hydrogen-bond acceptors (Lipinski definition) is 5. The molecule has 164 valence electrons. The first-order valence-corrected chi connectivity index (χ1v) is 11.2. The molecule has 0 radical (unpaired) electrons. The Morgan fingerprint density at radius 1 is 1.03 bits per heavy atom. The minimum Gasteiger partial charge on any atom is -0.487 e. The molecule has 1 saturated heterocycles. The van der Waals surface area contributed by atoms with Gasteiger partial charge in [-0.3, -0.25) is 9.88 Å². The van der Waals surface area contributed by atoms with Crippen LogP contribution in [0, 0.1) is 5.92 Å². The molecule has 1 unspecified atom stereocenters. The van der Waals surface area contributed by atoms with Crippen molar-refractivity contribution in [2.75, 3.05) is 26.3 Å². The Kier molecular flexibility index (Phi) is 6.42. The van der Waals surface area contributed by atoms with Gasteiger partial charge < -0.3 is 9.47 Å². The molecule has 1 atom stereocenters. The van der Waals surface area contributed by atoms with Crippen LogP contribution in [0.5, 0.6) is 5.75 Å². The zero-order valence-corrected chi connectivity index (χ0v) is 18.1. The third-order valence-electron chi connectivity index (χ3n) is 5.87. The molecule has 0 aliphatic carbocycles. The predicted octanol–water partition coefficient (Wildman–Crippen LogP) is 4.00. The van der Waals surface area contributed by atoms with E-state index in [0.717, 1.165) is 50.7 Å². The largest absolute Gasteiger partial charge is 0.487 e. The molecule has 3 aromatic heterocycles. The molecular weight excluding hydrogens is 400 g/mol. The van der Waals surface area contributed by atoms with Crippen LogP contribution in [0.3, 0.4) is 0 Å². The van der Waals surface area contributed by atoms with Crippen molar-refractivity contribution in [3.63, 3.8) is 0 Å². The van der Waals surface area contributed by atoms with Crippen molar-refractivity contribution in [2.24, 2.45) is 5.92 Å². The topological polar surface area (TPSA) is 51.9 Å². The third kappa shape index (κ3) is 5.15. The second kappa shape index (κ2) is 9.94. The molecule has 0 amide bonds. The summed E-state index contributed by atoms with van der Waals surface area (Å²) < 4.78 is 13.9. The Bertz CT molecular complexity index is 1140. The van der Waals surface area contributed by atoms with E-state index in [1.165, 1.54) is 16.6 Å². The van der Waals surface area contributed by atoms with Gasteiger partial charge in [0, 0.05) is 38.2 Å². The zero-order chi connectivity index (χ0) is 21.6. The summed E-state index contributed by atoms with van der Waals surface area (Å²) in [6.07, 6.45) is 6.63. The smallest absolute Gasteiger partial charge is 0.130 e. The van der Waals surface area contributed by atoms with Gasteiger partial charge in [0.05, 0.1) is 24.4 Å². The van der Waals surface area contributed by atoms with Gasteiger partial charge in [0.1, 0.15) is 12.4 Å². The molecule has 0 spiro atoms. The summed E-state index contributed by atoms with van der Waals surface area (Å²) in [4.78, 5) is 6.82. The lowest BCUT2D eigenvalue weighted by Gasteiger charge is -2.24. The third-order valence-corrected chi connectivity index (χ3v) is 5.87. The highest BCUT2D eigenvalue weighted by molar-refractivity contribution is 5.53. The molecule has 5 rings (SSSR count). The van der Waals surface area contributed by atoms with Crippen molar-refractivity contribution in [3.05, 3.63) is 96.1 Å². The van der Waals surface area contributed by atoms with E-state index in [9.17, 15) is 0 Å². The molecule has 6 heteroatoms. The van der Waals surface area contributed by atoms with E-state index >= 15 is 0 Å². The Labute approximate surface area is 188 Å². The fraction of sp³-hybridized carbons (Fsp3) is 0.308. The average Bonchev–Trinajstić information content (AvgIpc) is 3.21. The van der Waals surface area contributed by atoms with Gasteiger partial charge in [-0.1, -0.05) is 24.3 Å². The molecular formula is C26H28N4O2. The van der Waals surface area contributed by atoms with Crippen molar-refractivity contribution in [2.45, 2.75) is 19.6 Å². The van der Waals surface area contributed by atoms with Crippen LogP contribution >= 0.6 is 0 Å². The van der Waals surface area contributed by atoms with Crippen molar-refractivity contribution in [3.8, 4) is 5.75 Å². The summed E-state index contributed by atoms with van der Waals surface area (Å²) >= 11 is 0. The van der Waals surface area contributed by atoms with E-state index in [0.29, 0.717) is 12.5 Å². The standard InChI is InChI=1S/C26H28N4O2/c1-2-10-27-24(7-1)20-32-25-8-3-5-21(16-25)17-29-13-14-31-19-22(18-29)15-23-6-4-12-30-26(23)9-11-28-30/h1-12,16,22H,13-15,17-20H2. The van der Waals surface area contributed by atoms with Gasteiger partial charge >= 0.3 is 0 Å². The monoisotopic (exact) mass is 428 g/mol.